The first-order valence-corrected chi connectivity index (χ1v) is 6.29. The van der Waals surface area contributed by atoms with Gasteiger partial charge in [-0.1, -0.05) is 0 Å². The Hall–Kier alpha value is -1.27. The van der Waals surface area contributed by atoms with Gasteiger partial charge in [0.2, 0.25) is 11.8 Å². The summed E-state index contributed by atoms with van der Waals surface area (Å²) in [6.07, 6.45) is 2.05. The van der Waals surface area contributed by atoms with E-state index in [1.54, 1.807) is 11.3 Å². The number of aryl methyl sites for hydroxylation is 1. The van der Waals surface area contributed by atoms with E-state index in [1.807, 2.05) is 20.0 Å². The lowest BCUT2D eigenvalue weighted by Crippen LogP contribution is -2.38. The molecular weight excluding hydrogens is 238 g/mol. The Bertz CT molecular complexity index is 457. The molecular formula is C11H15N3O2S. The van der Waals surface area contributed by atoms with Crippen molar-refractivity contribution in [2.45, 2.75) is 32.4 Å². The van der Waals surface area contributed by atoms with Crippen molar-refractivity contribution in [2.24, 2.45) is 0 Å². The van der Waals surface area contributed by atoms with Gasteiger partial charge in [-0.2, -0.15) is 0 Å². The maximum atomic E-state index is 11.7. The Morgan fingerprint density at radius 1 is 1.59 bits per heavy atom. The molecule has 6 heteroatoms. The molecule has 5 nitrogen and oxygen atoms in total. The molecule has 1 N–H and O–H groups in total. The molecule has 1 aliphatic heterocycles. The van der Waals surface area contributed by atoms with E-state index in [1.165, 1.54) is 11.9 Å². The number of likely N-dealkylation sites (tertiary alicyclic amines) is 1. The van der Waals surface area contributed by atoms with E-state index >= 15 is 0 Å². The Labute approximate surface area is 104 Å². The van der Waals surface area contributed by atoms with Crippen molar-refractivity contribution >= 4 is 23.2 Å². The number of carbonyl (C=O) groups excluding carboxylic acids is 2. The summed E-state index contributed by atoms with van der Waals surface area (Å²) in [5.41, 5.74) is 0. The van der Waals surface area contributed by atoms with E-state index in [0.29, 0.717) is 0 Å². The smallest absolute Gasteiger partial charge is 0.246 e. The summed E-state index contributed by atoms with van der Waals surface area (Å²) in [7, 11) is 1.52. The summed E-state index contributed by atoms with van der Waals surface area (Å²) in [5.74, 6) is -0.287. The highest BCUT2D eigenvalue weighted by Crippen LogP contribution is 2.21. The van der Waals surface area contributed by atoms with Gasteiger partial charge in [-0.3, -0.25) is 19.8 Å². The van der Waals surface area contributed by atoms with Gasteiger partial charge in [0.05, 0.1) is 18.5 Å². The van der Waals surface area contributed by atoms with E-state index in [4.69, 9.17) is 0 Å². The van der Waals surface area contributed by atoms with Gasteiger partial charge in [-0.05, 0) is 13.8 Å². The summed E-state index contributed by atoms with van der Waals surface area (Å²) in [6.45, 7) is 3.94. The van der Waals surface area contributed by atoms with Crippen molar-refractivity contribution in [2.75, 3.05) is 7.05 Å². The highest BCUT2D eigenvalue weighted by molar-refractivity contribution is 7.11. The maximum Gasteiger partial charge on any atom is 0.246 e. The third-order valence-electron chi connectivity index (χ3n) is 2.84. The first-order valence-electron chi connectivity index (χ1n) is 5.48. The van der Waals surface area contributed by atoms with Gasteiger partial charge in [0, 0.05) is 18.1 Å². The summed E-state index contributed by atoms with van der Waals surface area (Å²) in [6, 6.07) is -0.423. The molecule has 2 rings (SSSR count). The number of likely N-dealkylation sites (N-methyl/N-ethyl adjacent to an activating group) is 1. The molecule has 0 spiro atoms. The number of thiazole rings is 1. The van der Waals surface area contributed by atoms with Crippen LogP contribution in [0.15, 0.2) is 6.20 Å². The van der Waals surface area contributed by atoms with Crippen molar-refractivity contribution in [3.8, 4) is 0 Å². The van der Waals surface area contributed by atoms with Crippen LogP contribution in [-0.2, 0) is 9.59 Å². The molecule has 1 aliphatic rings. The largest absolute Gasteiger partial charge is 0.297 e. The second-order valence-electron chi connectivity index (χ2n) is 4.25. The average Bonchev–Trinajstić information content (AvgIpc) is 2.80. The Balaban J connectivity index is 2.02. The lowest BCUT2D eigenvalue weighted by molar-refractivity contribution is -0.137. The van der Waals surface area contributed by atoms with E-state index in [9.17, 15) is 9.59 Å². The quantitative estimate of drug-likeness (QED) is 0.812. The van der Waals surface area contributed by atoms with Crippen LogP contribution in [0.2, 0.25) is 0 Å². The van der Waals surface area contributed by atoms with Gasteiger partial charge < -0.3 is 0 Å². The lowest BCUT2D eigenvalue weighted by Gasteiger charge is -2.15. The number of nitrogens with zero attached hydrogens (tertiary/aromatic N) is 2. The van der Waals surface area contributed by atoms with Crippen molar-refractivity contribution in [1.29, 1.82) is 0 Å². The summed E-state index contributed by atoms with van der Waals surface area (Å²) in [4.78, 5) is 29.7. The predicted molar refractivity (Wildman–Crippen MR) is 64.6 cm³/mol. The molecule has 2 heterocycles. The third-order valence-corrected chi connectivity index (χ3v) is 3.94. The minimum Gasteiger partial charge on any atom is -0.297 e. The third kappa shape index (κ3) is 2.37. The number of carbonyl (C=O) groups is 2. The molecule has 1 saturated heterocycles. The molecule has 1 fully saturated rings. The molecule has 0 aromatic carbocycles. The minimum atomic E-state index is -0.410. The molecule has 92 valence electrons. The van der Waals surface area contributed by atoms with Crippen molar-refractivity contribution < 1.29 is 9.59 Å². The topological polar surface area (TPSA) is 62.3 Å². The fourth-order valence-corrected chi connectivity index (χ4v) is 2.62. The molecule has 0 saturated carbocycles. The molecule has 2 unspecified atom stereocenters. The second kappa shape index (κ2) is 4.54. The van der Waals surface area contributed by atoms with Crippen LogP contribution >= 0.6 is 11.3 Å². The number of nitrogens with one attached hydrogen (secondary N) is 1. The first-order chi connectivity index (χ1) is 7.99. The van der Waals surface area contributed by atoms with E-state index in [0.717, 1.165) is 9.88 Å². The monoisotopic (exact) mass is 253 g/mol. The Morgan fingerprint density at radius 3 is 2.76 bits per heavy atom. The zero-order valence-corrected chi connectivity index (χ0v) is 10.9. The number of rotatable bonds is 3. The average molecular weight is 253 g/mol. The fraction of sp³-hybridized carbons (Fsp3) is 0.545. The van der Waals surface area contributed by atoms with Crippen LogP contribution in [0, 0.1) is 6.92 Å². The second-order valence-corrected chi connectivity index (χ2v) is 5.51. The van der Waals surface area contributed by atoms with Gasteiger partial charge in [-0.25, -0.2) is 4.98 Å². The molecule has 0 aliphatic carbocycles. The van der Waals surface area contributed by atoms with Crippen LogP contribution in [-0.4, -0.2) is 34.8 Å². The predicted octanol–water partition coefficient (Wildman–Crippen LogP) is 0.859. The normalized spacial score (nSPS) is 22.3. The van der Waals surface area contributed by atoms with E-state index < -0.39 is 6.04 Å². The molecule has 2 amide bonds. The van der Waals surface area contributed by atoms with Gasteiger partial charge in [0.1, 0.15) is 5.01 Å². The Morgan fingerprint density at radius 2 is 2.29 bits per heavy atom. The number of amides is 2. The molecule has 1 aromatic heterocycles. The highest BCUT2D eigenvalue weighted by atomic mass is 32.1. The molecule has 1 aromatic rings. The highest BCUT2D eigenvalue weighted by Gasteiger charge is 2.36. The van der Waals surface area contributed by atoms with E-state index in [-0.39, 0.29) is 24.3 Å². The van der Waals surface area contributed by atoms with Crippen molar-refractivity contribution in [1.82, 2.24) is 15.2 Å². The first kappa shape index (κ1) is 12.2. The number of imide groups is 1. The summed E-state index contributed by atoms with van der Waals surface area (Å²) >= 11 is 1.60. The zero-order valence-electron chi connectivity index (χ0n) is 10.1. The number of hydrogen-bond donors (Lipinski definition) is 1. The van der Waals surface area contributed by atoms with Crippen LogP contribution in [0.25, 0.3) is 0 Å². The van der Waals surface area contributed by atoms with Crippen LogP contribution in [0.4, 0.5) is 0 Å². The SMILES string of the molecule is Cc1cnc(C(C)NC2CC(=O)N(C)C2=O)s1. The van der Waals surface area contributed by atoms with Crippen LogP contribution in [0.5, 0.6) is 0 Å². The van der Waals surface area contributed by atoms with Crippen molar-refractivity contribution in [3.05, 3.63) is 16.1 Å². The molecule has 0 radical (unpaired) electrons. The number of hydrogen-bond acceptors (Lipinski definition) is 5. The molecule has 0 bridgehead atoms. The van der Waals surface area contributed by atoms with E-state index in [2.05, 4.69) is 10.3 Å². The van der Waals surface area contributed by atoms with Gasteiger partial charge in [0.15, 0.2) is 0 Å². The zero-order chi connectivity index (χ0) is 12.6. The molecule has 17 heavy (non-hydrogen) atoms. The van der Waals surface area contributed by atoms with Crippen LogP contribution in [0.3, 0.4) is 0 Å². The van der Waals surface area contributed by atoms with Crippen LogP contribution < -0.4 is 5.32 Å². The van der Waals surface area contributed by atoms with Gasteiger partial charge >= 0.3 is 0 Å². The summed E-state index contributed by atoms with van der Waals surface area (Å²) < 4.78 is 0. The summed E-state index contributed by atoms with van der Waals surface area (Å²) in [5, 5.41) is 4.10. The van der Waals surface area contributed by atoms with Gasteiger partial charge in [0.25, 0.3) is 0 Å². The standard InChI is InChI=1S/C11H15N3O2S/c1-6-5-12-10(17-6)7(2)13-8-4-9(15)14(3)11(8)16/h5,7-8,13H,4H2,1-3H3. The molecule has 2 atom stereocenters. The van der Waals surface area contributed by atoms with Crippen LogP contribution in [0.1, 0.15) is 29.3 Å². The number of aromatic nitrogens is 1. The lowest BCUT2D eigenvalue weighted by atomic mass is 10.2. The minimum absolute atomic E-state index is 0.0121. The van der Waals surface area contributed by atoms with Gasteiger partial charge in [-0.15, -0.1) is 11.3 Å². The van der Waals surface area contributed by atoms with Crippen molar-refractivity contribution in [3.63, 3.8) is 0 Å². The maximum absolute atomic E-state index is 11.7. The fourth-order valence-electron chi connectivity index (χ4n) is 1.83. The Kier molecular flexibility index (Phi) is 3.26.